The summed E-state index contributed by atoms with van der Waals surface area (Å²) in [6.07, 6.45) is 2.76. The number of aromatic nitrogens is 1. The zero-order chi connectivity index (χ0) is 22.5. The quantitative estimate of drug-likeness (QED) is 0.589. The highest BCUT2D eigenvalue weighted by molar-refractivity contribution is 6.08. The maximum atomic E-state index is 13.6. The first-order chi connectivity index (χ1) is 15.6. The molecule has 0 aliphatic carbocycles. The van der Waals surface area contributed by atoms with Gasteiger partial charge in [-0.2, -0.15) is 0 Å². The summed E-state index contributed by atoms with van der Waals surface area (Å²) >= 11 is 0. The summed E-state index contributed by atoms with van der Waals surface area (Å²) in [7, 11) is 1.66. The normalized spacial score (nSPS) is 17.0. The van der Waals surface area contributed by atoms with Crippen molar-refractivity contribution in [1.29, 1.82) is 0 Å². The second-order valence-corrected chi connectivity index (χ2v) is 8.20. The molecule has 1 fully saturated rings. The Balaban J connectivity index is 1.51. The van der Waals surface area contributed by atoms with Crippen LogP contribution in [0.3, 0.4) is 0 Å². The Bertz CT molecular complexity index is 1080. The van der Waals surface area contributed by atoms with Crippen LogP contribution in [0.15, 0.2) is 60.8 Å². The van der Waals surface area contributed by atoms with Crippen LogP contribution in [0.25, 0.3) is 10.9 Å². The van der Waals surface area contributed by atoms with E-state index in [0.29, 0.717) is 38.3 Å². The van der Waals surface area contributed by atoms with Gasteiger partial charge in [-0.15, -0.1) is 0 Å². The number of hydrogen-bond donors (Lipinski definition) is 1. The first-order valence-electron chi connectivity index (χ1n) is 11.0. The fourth-order valence-corrected chi connectivity index (χ4v) is 4.41. The Morgan fingerprint density at radius 3 is 2.53 bits per heavy atom. The van der Waals surface area contributed by atoms with Crippen molar-refractivity contribution in [2.45, 2.75) is 19.0 Å². The highest BCUT2D eigenvalue weighted by Crippen LogP contribution is 2.24. The maximum Gasteiger partial charge on any atom is 0.256 e. The molecule has 0 radical (unpaired) electrons. The third-order valence-electron chi connectivity index (χ3n) is 6.17. The third kappa shape index (κ3) is 4.69. The molecule has 7 nitrogen and oxygen atoms in total. The number of ether oxygens (including phenoxy) is 1. The highest BCUT2D eigenvalue weighted by atomic mass is 16.5. The lowest BCUT2D eigenvalue weighted by molar-refractivity contribution is -0.124. The minimum absolute atomic E-state index is 0.149. The van der Waals surface area contributed by atoms with Gasteiger partial charge in [-0.3, -0.25) is 14.5 Å². The number of fused-ring (bicyclic) bond motifs is 1. The molecule has 1 aromatic heterocycles. The van der Waals surface area contributed by atoms with Crippen molar-refractivity contribution in [3.63, 3.8) is 0 Å². The average Bonchev–Trinajstić information content (AvgIpc) is 3.20. The predicted octanol–water partition coefficient (Wildman–Crippen LogP) is 2.14. The van der Waals surface area contributed by atoms with Gasteiger partial charge in [0.05, 0.1) is 12.2 Å². The number of hydrogen-bond acceptors (Lipinski definition) is 4. The first-order valence-corrected chi connectivity index (χ1v) is 11.0. The van der Waals surface area contributed by atoms with E-state index in [1.54, 1.807) is 12.0 Å². The molecule has 1 saturated heterocycles. The summed E-state index contributed by atoms with van der Waals surface area (Å²) in [5, 5.41) is 0.878. The molecule has 2 heterocycles. The minimum Gasteiger partial charge on any atom is -0.383 e. The summed E-state index contributed by atoms with van der Waals surface area (Å²) in [6.45, 7) is 3.67. The van der Waals surface area contributed by atoms with E-state index in [1.165, 1.54) is 5.56 Å². The van der Waals surface area contributed by atoms with Crippen molar-refractivity contribution in [2.75, 3.05) is 39.9 Å². The summed E-state index contributed by atoms with van der Waals surface area (Å²) in [5.74, 6) is -0.616. The number of methoxy groups -OCH3 is 1. The monoisotopic (exact) mass is 434 g/mol. The van der Waals surface area contributed by atoms with Crippen molar-refractivity contribution in [2.24, 2.45) is 5.73 Å². The van der Waals surface area contributed by atoms with E-state index in [4.69, 9.17) is 10.5 Å². The van der Waals surface area contributed by atoms with Gasteiger partial charge >= 0.3 is 0 Å². The Labute approximate surface area is 188 Å². The molecule has 0 unspecified atom stereocenters. The Morgan fingerprint density at radius 2 is 1.78 bits per heavy atom. The molecule has 1 atom stereocenters. The van der Waals surface area contributed by atoms with Crippen LogP contribution >= 0.6 is 0 Å². The molecule has 0 bridgehead atoms. The van der Waals surface area contributed by atoms with Crippen molar-refractivity contribution in [1.82, 2.24) is 14.4 Å². The summed E-state index contributed by atoms with van der Waals surface area (Å²) in [4.78, 5) is 29.7. The van der Waals surface area contributed by atoms with Crippen molar-refractivity contribution >= 4 is 22.7 Å². The van der Waals surface area contributed by atoms with Crippen LogP contribution in [0.5, 0.6) is 0 Å². The van der Waals surface area contributed by atoms with Crippen molar-refractivity contribution in [3.8, 4) is 0 Å². The lowest BCUT2D eigenvalue weighted by Gasteiger charge is -2.40. The van der Waals surface area contributed by atoms with E-state index < -0.39 is 11.9 Å². The lowest BCUT2D eigenvalue weighted by atomic mass is 10.1. The van der Waals surface area contributed by atoms with Gasteiger partial charge in [-0.05, 0) is 18.1 Å². The number of carbonyl (C=O) groups excluding carboxylic acids is 2. The Kier molecular flexibility index (Phi) is 6.87. The first kappa shape index (κ1) is 22.0. The molecule has 2 amide bonds. The molecule has 0 spiro atoms. The van der Waals surface area contributed by atoms with Gasteiger partial charge in [-0.1, -0.05) is 48.5 Å². The number of para-hydroxylation sites is 1. The number of amides is 2. The van der Waals surface area contributed by atoms with Crippen LogP contribution in [-0.4, -0.2) is 72.1 Å². The molecule has 168 valence electrons. The molecule has 32 heavy (non-hydrogen) atoms. The minimum atomic E-state index is -0.645. The van der Waals surface area contributed by atoms with Crippen LogP contribution in [0.1, 0.15) is 15.9 Å². The molecule has 2 aromatic carbocycles. The third-order valence-corrected chi connectivity index (χ3v) is 6.17. The number of nitrogens with two attached hydrogens (primary N) is 1. The molecule has 3 aromatic rings. The fourth-order valence-electron chi connectivity index (χ4n) is 4.41. The zero-order valence-corrected chi connectivity index (χ0v) is 18.4. The largest absolute Gasteiger partial charge is 0.383 e. The van der Waals surface area contributed by atoms with Crippen LogP contribution in [0.4, 0.5) is 0 Å². The van der Waals surface area contributed by atoms with Crippen molar-refractivity contribution in [3.05, 3.63) is 71.9 Å². The molecule has 1 aliphatic rings. The number of nitrogens with zero attached hydrogens (tertiary/aromatic N) is 3. The fraction of sp³-hybridized carbons (Fsp3) is 0.360. The van der Waals surface area contributed by atoms with Crippen LogP contribution in [0, 0.1) is 0 Å². The van der Waals surface area contributed by atoms with E-state index in [9.17, 15) is 9.59 Å². The van der Waals surface area contributed by atoms with Gasteiger partial charge in [0.15, 0.2) is 0 Å². The highest BCUT2D eigenvalue weighted by Gasteiger charge is 2.35. The molecule has 7 heteroatoms. The van der Waals surface area contributed by atoms with Gasteiger partial charge < -0.3 is 19.9 Å². The Hall–Kier alpha value is -3.16. The zero-order valence-electron chi connectivity index (χ0n) is 18.4. The SMILES string of the molecule is COCCn1cc(C(=O)N2CCN(CCc3ccccc3)C[C@H]2C(N)=O)c2ccccc21. The summed E-state index contributed by atoms with van der Waals surface area (Å²) in [5.41, 5.74) is 8.58. The number of primary amides is 1. The number of piperazine rings is 1. The van der Waals surface area contributed by atoms with E-state index in [2.05, 4.69) is 17.0 Å². The molecular weight excluding hydrogens is 404 g/mol. The van der Waals surface area contributed by atoms with Crippen LogP contribution < -0.4 is 5.73 Å². The standard InChI is InChI=1S/C25H30N4O3/c1-32-16-15-28-17-21(20-9-5-6-10-22(20)28)25(31)29-14-13-27(18-23(29)24(26)30)12-11-19-7-3-2-4-8-19/h2-10,17,23H,11-16,18H2,1H3,(H2,26,30)/t23-/m0/s1. The van der Waals surface area contributed by atoms with E-state index in [1.807, 2.05) is 53.2 Å². The number of carbonyl (C=O) groups is 2. The van der Waals surface area contributed by atoms with Gasteiger partial charge in [0.1, 0.15) is 6.04 Å². The van der Waals surface area contributed by atoms with Gasteiger partial charge in [-0.25, -0.2) is 0 Å². The number of rotatable bonds is 8. The Morgan fingerprint density at radius 1 is 1.03 bits per heavy atom. The summed E-state index contributed by atoms with van der Waals surface area (Å²) in [6, 6.07) is 17.4. The summed E-state index contributed by atoms with van der Waals surface area (Å²) < 4.78 is 7.24. The van der Waals surface area contributed by atoms with Gasteiger partial charge in [0.25, 0.3) is 5.91 Å². The smallest absolute Gasteiger partial charge is 0.256 e. The van der Waals surface area contributed by atoms with Gasteiger partial charge in [0, 0.05) is 56.9 Å². The van der Waals surface area contributed by atoms with Crippen LogP contribution in [0.2, 0.25) is 0 Å². The average molecular weight is 435 g/mol. The van der Waals surface area contributed by atoms with Gasteiger partial charge in [0.2, 0.25) is 5.91 Å². The van der Waals surface area contributed by atoms with E-state index >= 15 is 0 Å². The second kappa shape index (κ2) is 9.97. The topological polar surface area (TPSA) is 80.8 Å². The lowest BCUT2D eigenvalue weighted by Crippen LogP contribution is -2.60. The maximum absolute atomic E-state index is 13.6. The van der Waals surface area contributed by atoms with E-state index in [0.717, 1.165) is 23.9 Å². The molecular formula is C25H30N4O3. The van der Waals surface area contributed by atoms with Crippen molar-refractivity contribution < 1.29 is 14.3 Å². The molecule has 2 N–H and O–H groups in total. The van der Waals surface area contributed by atoms with E-state index in [-0.39, 0.29) is 5.91 Å². The van der Waals surface area contributed by atoms with Crippen LogP contribution in [-0.2, 0) is 22.5 Å². The molecule has 4 rings (SSSR count). The number of benzene rings is 2. The predicted molar refractivity (Wildman–Crippen MR) is 124 cm³/mol. The molecule has 0 saturated carbocycles. The second-order valence-electron chi connectivity index (χ2n) is 8.20. The molecule has 1 aliphatic heterocycles.